The van der Waals surface area contributed by atoms with Gasteiger partial charge in [-0.25, -0.2) is 4.98 Å². The summed E-state index contributed by atoms with van der Waals surface area (Å²) >= 11 is 0. The van der Waals surface area contributed by atoms with E-state index in [2.05, 4.69) is 55.9 Å². The summed E-state index contributed by atoms with van der Waals surface area (Å²) in [5.74, 6) is 1.69. The van der Waals surface area contributed by atoms with Gasteiger partial charge < -0.3 is 10.7 Å². The second kappa shape index (κ2) is 4.73. The summed E-state index contributed by atoms with van der Waals surface area (Å²) in [5.41, 5.74) is 9.26. The normalized spacial score (nSPS) is 12.6. The summed E-state index contributed by atoms with van der Waals surface area (Å²) in [7, 11) is 0. The van der Waals surface area contributed by atoms with Crippen LogP contribution in [0.15, 0.2) is 18.2 Å². The van der Waals surface area contributed by atoms with Gasteiger partial charge in [-0.05, 0) is 23.6 Å². The van der Waals surface area contributed by atoms with Crippen molar-refractivity contribution in [2.45, 2.75) is 39.5 Å². The van der Waals surface area contributed by atoms with Gasteiger partial charge in [0.25, 0.3) is 0 Å². The Hall–Kier alpha value is -1.35. The fraction of sp³-hybridized carbons (Fsp3) is 0.533. The Morgan fingerprint density at radius 3 is 2.67 bits per heavy atom. The number of benzene rings is 1. The van der Waals surface area contributed by atoms with Gasteiger partial charge in [0.15, 0.2) is 0 Å². The zero-order chi connectivity index (χ0) is 13.3. The van der Waals surface area contributed by atoms with E-state index in [1.807, 2.05) is 0 Å². The molecule has 18 heavy (non-hydrogen) atoms. The number of hydrogen-bond acceptors (Lipinski definition) is 2. The lowest BCUT2D eigenvalue weighted by Gasteiger charge is -2.22. The van der Waals surface area contributed by atoms with E-state index >= 15 is 0 Å². The Morgan fingerprint density at radius 2 is 2.06 bits per heavy atom. The van der Waals surface area contributed by atoms with Crippen molar-refractivity contribution >= 4 is 11.0 Å². The molecule has 1 heterocycles. The molecule has 2 rings (SSSR count). The van der Waals surface area contributed by atoms with Gasteiger partial charge in [-0.1, -0.05) is 33.8 Å². The summed E-state index contributed by atoms with van der Waals surface area (Å²) in [6, 6.07) is 6.40. The molecule has 2 aromatic rings. The minimum atomic E-state index is 0.0114. The van der Waals surface area contributed by atoms with Crippen molar-refractivity contribution in [2.75, 3.05) is 6.54 Å². The molecule has 0 radical (unpaired) electrons. The van der Waals surface area contributed by atoms with Crippen LogP contribution in [0.5, 0.6) is 0 Å². The molecule has 0 spiro atoms. The van der Waals surface area contributed by atoms with E-state index in [-0.39, 0.29) is 5.41 Å². The number of H-pyrrole nitrogens is 1. The summed E-state index contributed by atoms with van der Waals surface area (Å²) in [6.45, 7) is 9.39. The summed E-state index contributed by atoms with van der Waals surface area (Å²) in [4.78, 5) is 8.03. The Balaban J connectivity index is 2.39. The fourth-order valence-electron chi connectivity index (χ4n) is 2.08. The van der Waals surface area contributed by atoms with Crippen molar-refractivity contribution in [2.24, 2.45) is 11.7 Å². The number of nitrogens with one attached hydrogen (secondary N) is 1. The maximum absolute atomic E-state index is 5.83. The number of aromatic amines is 1. The predicted molar refractivity (Wildman–Crippen MR) is 76.7 cm³/mol. The number of imidazole rings is 1. The maximum atomic E-state index is 5.83. The minimum Gasteiger partial charge on any atom is -0.342 e. The standard InChI is InChI=1S/C15H23N3/c1-10(2)7-14-17-12-6-5-11(8-13(12)18-14)15(3,4)9-16/h5-6,8,10H,7,9,16H2,1-4H3,(H,17,18). The number of nitrogens with two attached hydrogens (primary N) is 1. The molecule has 0 aliphatic heterocycles. The molecule has 3 N–H and O–H groups in total. The number of nitrogens with zero attached hydrogens (tertiary/aromatic N) is 1. The molecule has 0 amide bonds. The van der Waals surface area contributed by atoms with Crippen LogP contribution in [0.4, 0.5) is 0 Å². The molecule has 0 fully saturated rings. The summed E-state index contributed by atoms with van der Waals surface area (Å²) < 4.78 is 0. The van der Waals surface area contributed by atoms with Crippen molar-refractivity contribution in [3.63, 3.8) is 0 Å². The molecule has 0 unspecified atom stereocenters. The smallest absolute Gasteiger partial charge is 0.107 e. The third-order valence-corrected chi connectivity index (χ3v) is 3.42. The number of aromatic nitrogens is 2. The van der Waals surface area contributed by atoms with Crippen molar-refractivity contribution in [1.29, 1.82) is 0 Å². The first-order valence-electron chi connectivity index (χ1n) is 6.61. The van der Waals surface area contributed by atoms with Crippen molar-refractivity contribution in [3.05, 3.63) is 29.6 Å². The number of rotatable bonds is 4. The molecule has 1 aromatic heterocycles. The first kappa shape index (κ1) is 13.1. The summed E-state index contributed by atoms with van der Waals surface area (Å²) in [6.07, 6.45) is 0.990. The second-order valence-electron chi connectivity index (χ2n) is 6.10. The first-order chi connectivity index (χ1) is 8.42. The van der Waals surface area contributed by atoms with E-state index < -0.39 is 0 Å². The topological polar surface area (TPSA) is 54.7 Å². The van der Waals surface area contributed by atoms with Crippen LogP contribution >= 0.6 is 0 Å². The molecule has 0 aliphatic rings. The highest BCUT2D eigenvalue weighted by Crippen LogP contribution is 2.25. The van der Waals surface area contributed by atoms with Gasteiger partial charge in [-0.2, -0.15) is 0 Å². The van der Waals surface area contributed by atoms with Crippen LogP contribution in [-0.2, 0) is 11.8 Å². The molecule has 0 saturated heterocycles. The van der Waals surface area contributed by atoms with Gasteiger partial charge in [0, 0.05) is 18.4 Å². The van der Waals surface area contributed by atoms with E-state index in [0.29, 0.717) is 12.5 Å². The van der Waals surface area contributed by atoms with Gasteiger partial charge in [0.1, 0.15) is 5.82 Å². The van der Waals surface area contributed by atoms with E-state index in [4.69, 9.17) is 5.73 Å². The molecule has 0 saturated carbocycles. The van der Waals surface area contributed by atoms with Crippen LogP contribution in [0.2, 0.25) is 0 Å². The monoisotopic (exact) mass is 245 g/mol. The van der Waals surface area contributed by atoms with Crippen molar-refractivity contribution < 1.29 is 0 Å². The van der Waals surface area contributed by atoms with E-state index in [1.54, 1.807) is 0 Å². The minimum absolute atomic E-state index is 0.0114. The van der Waals surface area contributed by atoms with Crippen molar-refractivity contribution in [3.8, 4) is 0 Å². The zero-order valence-corrected chi connectivity index (χ0v) is 11.7. The third-order valence-electron chi connectivity index (χ3n) is 3.42. The van der Waals surface area contributed by atoms with E-state index in [1.165, 1.54) is 5.56 Å². The van der Waals surface area contributed by atoms with E-state index in [9.17, 15) is 0 Å². The molecule has 0 bridgehead atoms. The van der Waals surface area contributed by atoms with Crippen LogP contribution < -0.4 is 5.73 Å². The second-order valence-corrected chi connectivity index (χ2v) is 6.10. The molecular formula is C15H23N3. The predicted octanol–water partition coefficient (Wildman–Crippen LogP) is 3.00. The van der Waals surface area contributed by atoms with Crippen molar-refractivity contribution in [1.82, 2.24) is 9.97 Å². The molecular weight excluding hydrogens is 222 g/mol. The summed E-state index contributed by atoms with van der Waals surface area (Å²) in [5, 5.41) is 0. The maximum Gasteiger partial charge on any atom is 0.107 e. The van der Waals surface area contributed by atoms with Gasteiger partial charge in [-0.3, -0.25) is 0 Å². The Morgan fingerprint density at radius 1 is 1.33 bits per heavy atom. The molecule has 3 nitrogen and oxygen atoms in total. The van der Waals surface area contributed by atoms with Crippen LogP contribution in [0.3, 0.4) is 0 Å². The average molecular weight is 245 g/mol. The first-order valence-corrected chi connectivity index (χ1v) is 6.61. The SMILES string of the molecule is CC(C)Cc1nc2ccc(C(C)(C)CN)cc2[nH]1. The van der Waals surface area contributed by atoms with Crippen LogP contribution in [0.25, 0.3) is 11.0 Å². The Labute approximate surface area is 109 Å². The Bertz CT molecular complexity index is 538. The zero-order valence-electron chi connectivity index (χ0n) is 11.7. The van der Waals surface area contributed by atoms with Crippen LogP contribution in [0, 0.1) is 5.92 Å². The quantitative estimate of drug-likeness (QED) is 0.870. The number of fused-ring (bicyclic) bond motifs is 1. The third kappa shape index (κ3) is 2.56. The lowest BCUT2D eigenvalue weighted by Crippen LogP contribution is -2.27. The van der Waals surface area contributed by atoms with Gasteiger partial charge in [0.05, 0.1) is 11.0 Å². The Kier molecular flexibility index (Phi) is 3.44. The lowest BCUT2D eigenvalue weighted by atomic mass is 9.85. The molecule has 0 atom stereocenters. The van der Waals surface area contributed by atoms with E-state index in [0.717, 1.165) is 23.3 Å². The number of hydrogen-bond donors (Lipinski definition) is 2. The van der Waals surface area contributed by atoms with Gasteiger partial charge in [0.2, 0.25) is 0 Å². The highest BCUT2D eigenvalue weighted by molar-refractivity contribution is 5.76. The van der Waals surface area contributed by atoms with Gasteiger partial charge in [-0.15, -0.1) is 0 Å². The molecule has 3 heteroatoms. The fourth-order valence-corrected chi connectivity index (χ4v) is 2.08. The average Bonchev–Trinajstić information content (AvgIpc) is 2.68. The molecule has 98 valence electrons. The highest BCUT2D eigenvalue weighted by atomic mass is 14.9. The van der Waals surface area contributed by atoms with Crippen LogP contribution in [0.1, 0.15) is 39.1 Å². The largest absolute Gasteiger partial charge is 0.342 e. The molecule has 1 aromatic carbocycles. The highest BCUT2D eigenvalue weighted by Gasteiger charge is 2.19. The lowest BCUT2D eigenvalue weighted by molar-refractivity contribution is 0.539. The molecule has 0 aliphatic carbocycles. The van der Waals surface area contributed by atoms with Gasteiger partial charge >= 0.3 is 0 Å². The van der Waals surface area contributed by atoms with Crippen LogP contribution in [-0.4, -0.2) is 16.5 Å².